The first kappa shape index (κ1) is 24.0. The van der Waals surface area contributed by atoms with Crippen molar-refractivity contribution in [3.05, 3.63) is 65.6 Å². The van der Waals surface area contributed by atoms with Gasteiger partial charge in [0.1, 0.15) is 23.2 Å². The smallest absolute Gasteiger partial charge is 0.160 e. The van der Waals surface area contributed by atoms with E-state index < -0.39 is 21.6 Å². The van der Waals surface area contributed by atoms with Gasteiger partial charge in [-0.15, -0.1) is 0 Å². The molecule has 1 fully saturated rings. The van der Waals surface area contributed by atoms with Crippen molar-refractivity contribution >= 4 is 15.6 Å². The average Bonchev–Trinajstić information content (AvgIpc) is 3.67. The minimum absolute atomic E-state index is 0.0393. The SMILES string of the molecule is CCc1cncc(-c2cnc(CC(=O)C(CC)c3ccnc(CS(=O)(=O)C4CC4)n3)c(F)c2)n1. The van der Waals surface area contributed by atoms with Crippen molar-refractivity contribution in [2.24, 2.45) is 0 Å². The summed E-state index contributed by atoms with van der Waals surface area (Å²) in [5.41, 5.74) is 2.27. The standard InChI is InChI=1S/C24H26FN5O3S/c1-3-16-12-26-13-22(29-16)15-9-19(25)21(28-11-15)10-23(31)18(4-2)20-7-8-27-24(30-20)14-34(32,33)17-5-6-17/h7-9,11-13,17-18H,3-6,10,14H2,1-2H3. The van der Waals surface area contributed by atoms with Gasteiger partial charge in [0.15, 0.2) is 9.84 Å². The van der Waals surface area contributed by atoms with Crippen LogP contribution in [-0.4, -0.2) is 44.4 Å². The van der Waals surface area contributed by atoms with Crippen molar-refractivity contribution in [1.82, 2.24) is 24.9 Å². The van der Waals surface area contributed by atoms with Crippen LogP contribution in [0.1, 0.15) is 61.9 Å². The molecule has 10 heteroatoms. The largest absolute Gasteiger partial charge is 0.299 e. The molecule has 0 saturated heterocycles. The number of nitrogens with zero attached hydrogens (tertiary/aromatic N) is 5. The molecule has 1 aliphatic rings. The third-order valence-electron chi connectivity index (χ3n) is 5.84. The van der Waals surface area contributed by atoms with Gasteiger partial charge >= 0.3 is 0 Å². The second-order valence-corrected chi connectivity index (χ2v) is 10.7. The number of pyridine rings is 1. The van der Waals surface area contributed by atoms with Gasteiger partial charge in [-0.1, -0.05) is 13.8 Å². The van der Waals surface area contributed by atoms with E-state index >= 15 is 0 Å². The number of sulfone groups is 1. The van der Waals surface area contributed by atoms with E-state index in [4.69, 9.17) is 0 Å². The second-order valence-electron chi connectivity index (χ2n) is 8.41. The molecule has 0 bridgehead atoms. The van der Waals surface area contributed by atoms with E-state index in [9.17, 15) is 17.6 Å². The summed E-state index contributed by atoms with van der Waals surface area (Å²) in [6.07, 6.45) is 8.44. The highest BCUT2D eigenvalue weighted by Gasteiger charge is 2.36. The first-order chi connectivity index (χ1) is 16.3. The van der Waals surface area contributed by atoms with Crippen LogP contribution in [0.25, 0.3) is 11.3 Å². The molecule has 1 unspecified atom stereocenters. The van der Waals surface area contributed by atoms with Crippen LogP contribution in [0.3, 0.4) is 0 Å². The van der Waals surface area contributed by atoms with E-state index in [1.807, 2.05) is 13.8 Å². The van der Waals surface area contributed by atoms with Crippen LogP contribution in [0.15, 0.2) is 36.9 Å². The minimum Gasteiger partial charge on any atom is -0.299 e. The van der Waals surface area contributed by atoms with Crippen LogP contribution >= 0.6 is 0 Å². The lowest BCUT2D eigenvalue weighted by Crippen LogP contribution is -2.19. The Hall–Kier alpha value is -3.14. The maximum atomic E-state index is 14.8. The monoisotopic (exact) mass is 483 g/mol. The number of carbonyl (C=O) groups excluding carboxylic acids is 1. The number of carbonyl (C=O) groups is 1. The highest BCUT2D eigenvalue weighted by Crippen LogP contribution is 2.30. The molecule has 1 atom stereocenters. The molecule has 3 heterocycles. The highest BCUT2D eigenvalue weighted by molar-refractivity contribution is 7.91. The third kappa shape index (κ3) is 5.49. The zero-order valence-corrected chi connectivity index (χ0v) is 19.9. The number of aryl methyl sites for hydroxylation is 1. The Balaban J connectivity index is 1.50. The summed E-state index contributed by atoms with van der Waals surface area (Å²) in [5.74, 6) is -1.51. The molecule has 1 aliphatic carbocycles. The van der Waals surface area contributed by atoms with Crippen molar-refractivity contribution in [2.45, 2.75) is 62.9 Å². The quantitative estimate of drug-likeness (QED) is 0.431. The highest BCUT2D eigenvalue weighted by atomic mass is 32.2. The first-order valence-electron chi connectivity index (χ1n) is 11.3. The fourth-order valence-electron chi connectivity index (χ4n) is 3.75. The summed E-state index contributed by atoms with van der Waals surface area (Å²) in [4.78, 5) is 34.2. The summed E-state index contributed by atoms with van der Waals surface area (Å²) in [7, 11) is -3.27. The van der Waals surface area contributed by atoms with Crippen molar-refractivity contribution in [1.29, 1.82) is 0 Å². The molecule has 0 radical (unpaired) electrons. The van der Waals surface area contributed by atoms with E-state index in [1.54, 1.807) is 18.5 Å². The topological polar surface area (TPSA) is 116 Å². The molecule has 8 nitrogen and oxygen atoms in total. The number of aromatic nitrogens is 5. The second kappa shape index (κ2) is 10.0. The number of ketones is 1. The summed E-state index contributed by atoms with van der Waals surface area (Å²) in [6, 6.07) is 2.91. The van der Waals surface area contributed by atoms with Gasteiger partial charge in [-0.05, 0) is 37.8 Å². The number of hydrogen-bond acceptors (Lipinski definition) is 8. The first-order valence-corrected chi connectivity index (χ1v) is 13.0. The van der Waals surface area contributed by atoms with Crippen molar-refractivity contribution in [3.8, 4) is 11.3 Å². The van der Waals surface area contributed by atoms with E-state index in [2.05, 4.69) is 24.9 Å². The van der Waals surface area contributed by atoms with Crippen molar-refractivity contribution in [2.75, 3.05) is 0 Å². The summed E-state index contributed by atoms with van der Waals surface area (Å²) in [5, 5.41) is -0.309. The van der Waals surface area contributed by atoms with E-state index in [0.29, 0.717) is 42.6 Å². The molecule has 0 aliphatic heterocycles. The average molecular weight is 484 g/mol. The van der Waals surface area contributed by atoms with Crippen LogP contribution < -0.4 is 0 Å². The number of Topliss-reactive ketones (excluding diaryl/α,β-unsaturated/α-hetero) is 1. The summed E-state index contributed by atoms with van der Waals surface area (Å²) >= 11 is 0. The van der Waals surface area contributed by atoms with Gasteiger partial charge in [-0.2, -0.15) is 0 Å². The van der Waals surface area contributed by atoms with Gasteiger partial charge in [-0.25, -0.2) is 27.8 Å². The van der Waals surface area contributed by atoms with Crippen molar-refractivity contribution in [3.63, 3.8) is 0 Å². The number of halogens is 1. The van der Waals surface area contributed by atoms with Gasteiger partial charge in [-0.3, -0.25) is 14.8 Å². The Morgan fingerprint density at radius 1 is 1.15 bits per heavy atom. The van der Waals surface area contributed by atoms with Gasteiger partial charge in [0.2, 0.25) is 0 Å². The molecule has 4 rings (SSSR count). The van der Waals surface area contributed by atoms with Crippen LogP contribution in [0.4, 0.5) is 4.39 Å². The molecule has 0 N–H and O–H groups in total. The normalized spacial score (nSPS) is 14.7. The van der Waals surface area contributed by atoms with E-state index in [-0.39, 0.29) is 34.7 Å². The maximum absolute atomic E-state index is 14.8. The van der Waals surface area contributed by atoms with Crippen molar-refractivity contribution < 1.29 is 17.6 Å². The lowest BCUT2D eigenvalue weighted by atomic mass is 9.93. The lowest BCUT2D eigenvalue weighted by Gasteiger charge is -2.14. The van der Waals surface area contributed by atoms with Crippen LogP contribution in [0, 0.1) is 5.82 Å². The molecular formula is C24H26FN5O3S. The predicted octanol–water partition coefficient (Wildman–Crippen LogP) is 3.41. The Kier molecular flexibility index (Phi) is 7.06. The van der Waals surface area contributed by atoms with Crippen LogP contribution in [-0.2, 0) is 33.2 Å². The molecule has 178 valence electrons. The van der Waals surface area contributed by atoms with Gasteiger partial charge < -0.3 is 0 Å². The summed E-state index contributed by atoms with van der Waals surface area (Å²) in [6.45, 7) is 3.79. The Bertz CT molecular complexity index is 1310. The fourth-order valence-corrected chi connectivity index (χ4v) is 5.33. The predicted molar refractivity (Wildman–Crippen MR) is 124 cm³/mol. The Morgan fingerprint density at radius 2 is 1.94 bits per heavy atom. The minimum atomic E-state index is -3.27. The fraction of sp³-hybridized carbons (Fsp3) is 0.417. The van der Waals surface area contributed by atoms with Gasteiger partial charge in [0, 0.05) is 24.2 Å². The van der Waals surface area contributed by atoms with Gasteiger partial charge in [0.05, 0.1) is 46.6 Å². The Labute approximate surface area is 198 Å². The zero-order valence-electron chi connectivity index (χ0n) is 19.1. The zero-order chi connectivity index (χ0) is 24.3. The molecule has 0 aromatic carbocycles. The number of hydrogen-bond donors (Lipinski definition) is 0. The molecular weight excluding hydrogens is 457 g/mol. The van der Waals surface area contributed by atoms with Crippen LogP contribution in [0.5, 0.6) is 0 Å². The molecule has 34 heavy (non-hydrogen) atoms. The van der Waals surface area contributed by atoms with E-state index in [0.717, 1.165) is 5.69 Å². The molecule has 3 aromatic rings. The molecule has 3 aromatic heterocycles. The molecule has 1 saturated carbocycles. The lowest BCUT2D eigenvalue weighted by molar-refractivity contribution is -0.120. The maximum Gasteiger partial charge on any atom is 0.160 e. The Morgan fingerprint density at radius 3 is 2.62 bits per heavy atom. The van der Waals surface area contributed by atoms with E-state index in [1.165, 1.54) is 18.5 Å². The third-order valence-corrected chi connectivity index (χ3v) is 7.99. The molecule has 0 spiro atoms. The van der Waals surface area contributed by atoms with Gasteiger partial charge in [0.25, 0.3) is 0 Å². The summed E-state index contributed by atoms with van der Waals surface area (Å²) < 4.78 is 39.4. The van der Waals surface area contributed by atoms with Crippen LogP contribution in [0.2, 0.25) is 0 Å². The number of rotatable bonds is 10. The molecule has 0 amide bonds.